The van der Waals surface area contributed by atoms with Gasteiger partial charge in [-0.1, -0.05) is 27.7 Å². The number of hydrogen-bond donors (Lipinski definition) is 1. The molecule has 2 rings (SSSR count). The van der Waals surface area contributed by atoms with E-state index < -0.39 is 0 Å². The van der Waals surface area contributed by atoms with Crippen LogP contribution in [0.1, 0.15) is 66.2 Å². The van der Waals surface area contributed by atoms with Crippen LogP contribution >= 0.6 is 0 Å². The van der Waals surface area contributed by atoms with Crippen molar-refractivity contribution in [2.75, 3.05) is 6.54 Å². The zero-order valence-corrected chi connectivity index (χ0v) is 13.0. The third-order valence-electron chi connectivity index (χ3n) is 5.08. The summed E-state index contributed by atoms with van der Waals surface area (Å²) in [5.41, 5.74) is -0.209. The van der Waals surface area contributed by atoms with Crippen LogP contribution in [-0.2, 0) is 4.79 Å². The van der Waals surface area contributed by atoms with Crippen LogP contribution in [0.2, 0.25) is 0 Å². The molecule has 0 aromatic rings. The minimum atomic E-state index is -0.209. The van der Waals surface area contributed by atoms with Gasteiger partial charge >= 0.3 is 0 Å². The molecule has 3 nitrogen and oxygen atoms in total. The molecule has 2 heterocycles. The van der Waals surface area contributed by atoms with Crippen LogP contribution in [-0.4, -0.2) is 35.5 Å². The van der Waals surface area contributed by atoms with Crippen LogP contribution in [0.15, 0.2) is 0 Å². The Morgan fingerprint density at radius 3 is 2.26 bits per heavy atom. The molecule has 0 saturated carbocycles. The second kappa shape index (κ2) is 5.82. The second-order valence-corrected chi connectivity index (χ2v) is 7.00. The van der Waals surface area contributed by atoms with Gasteiger partial charge in [0.1, 0.15) is 0 Å². The molecule has 2 unspecified atom stereocenters. The van der Waals surface area contributed by atoms with E-state index in [1.54, 1.807) is 0 Å². The van der Waals surface area contributed by atoms with Crippen molar-refractivity contribution in [3.63, 3.8) is 0 Å². The SMILES string of the molecule is CCCN(C(=O)C(C)(C)CC)C1CC2CCC(C1)N2. The van der Waals surface area contributed by atoms with Crippen LogP contribution in [0.3, 0.4) is 0 Å². The summed E-state index contributed by atoms with van der Waals surface area (Å²) in [6.45, 7) is 9.40. The highest BCUT2D eigenvalue weighted by molar-refractivity contribution is 5.82. The summed E-state index contributed by atoms with van der Waals surface area (Å²) in [5.74, 6) is 0.364. The first-order valence-corrected chi connectivity index (χ1v) is 8.05. The summed E-state index contributed by atoms with van der Waals surface area (Å²) in [6.07, 6.45) is 6.89. The lowest BCUT2D eigenvalue weighted by Gasteiger charge is -2.41. The molecule has 2 fully saturated rings. The van der Waals surface area contributed by atoms with Crippen molar-refractivity contribution >= 4 is 5.91 Å². The highest BCUT2D eigenvalue weighted by Gasteiger charge is 2.40. The Balaban J connectivity index is 2.09. The van der Waals surface area contributed by atoms with Gasteiger partial charge in [-0.15, -0.1) is 0 Å². The molecule has 1 N–H and O–H groups in total. The Bertz CT molecular complexity index is 315. The molecule has 2 atom stereocenters. The molecule has 2 saturated heterocycles. The number of rotatable bonds is 5. The predicted octanol–water partition coefficient (Wildman–Crippen LogP) is 2.94. The van der Waals surface area contributed by atoms with Crippen LogP contribution in [0.5, 0.6) is 0 Å². The first kappa shape index (κ1) is 14.8. The van der Waals surface area contributed by atoms with E-state index in [2.05, 4.69) is 37.9 Å². The lowest BCUT2D eigenvalue weighted by molar-refractivity contribution is -0.144. The number of hydrogen-bond acceptors (Lipinski definition) is 2. The van der Waals surface area contributed by atoms with Gasteiger partial charge in [0.2, 0.25) is 5.91 Å². The number of carbonyl (C=O) groups is 1. The first-order valence-electron chi connectivity index (χ1n) is 8.05. The summed E-state index contributed by atoms with van der Waals surface area (Å²) in [4.78, 5) is 15.0. The molecule has 0 radical (unpaired) electrons. The van der Waals surface area contributed by atoms with Gasteiger partial charge < -0.3 is 10.2 Å². The average molecular weight is 266 g/mol. The molecule has 2 aliphatic rings. The quantitative estimate of drug-likeness (QED) is 0.830. The fourth-order valence-corrected chi connectivity index (χ4v) is 3.51. The largest absolute Gasteiger partial charge is 0.339 e. The maximum absolute atomic E-state index is 12.8. The highest BCUT2D eigenvalue weighted by Crippen LogP contribution is 2.33. The van der Waals surface area contributed by atoms with Gasteiger partial charge in [-0.25, -0.2) is 0 Å². The van der Waals surface area contributed by atoms with Crippen molar-refractivity contribution in [3.05, 3.63) is 0 Å². The fraction of sp³-hybridized carbons (Fsp3) is 0.938. The van der Waals surface area contributed by atoms with Gasteiger partial charge in [-0.3, -0.25) is 4.79 Å². The molecule has 2 aliphatic heterocycles. The third kappa shape index (κ3) is 3.13. The molecule has 0 aromatic heterocycles. The molecule has 0 spiro atoms. The first-order chi connectivity index (χ1) is 8.97. The number of nitrogens with one attached hydrogen (secondary N) is 1. The van der Waals surface area contributed by atoms with E-state index >= 15 is 0 Å². The average Bonchev–Trinajstić information content (AvgIpc) is 2.74. The van der Waals surface area contributed by atoms with Crippen LogP contribution in [0.4, 0.5) is 0 Å². The Hall–Kier alpha value is -0.570. The van der Waals surface area contributed by atoms with Gasteiger partial charge in [-0.05, 0) is 38.5 Å². The van der Waals surface area contributed by atoms with E-state index in [0.29, 0.717) is 24.0 Å². The molecule has 110 valence electrons. The van der Waals surface area contributed by atoms with Crippen molar-refractivity contribution in [2.24, 2.45) is 5.41 Å². The van der Waals surface area contributed by atoms with E-state index in [1.165, 1.54) is 12.8 Å². The van der Waals surface area contributed by atoms with Gasteiger partial charge in [0.05, 0.1) is 0 Å². The van der Waals surface area contributed by atoms with Gasteiger partial charge in [0.15, 0.2) is 0 Å². The summed E-state index contributed by atoms with van der Waals surface area (Å²) in [7, 11) is 0. The van der Waals surface area contributed by atoms with E-state index in [-0.39, 0.29) is 5.41 Å². The lowest BCUT2D eigenvalue weighted by Crippen LogP contribution is -2.53. The van der Waals surface area contributed by atoms with Gasteiger partial charge in [0.25, 0.3) is 0 Å². The summed E-state index contributed by atoms with van der Waals surface area (Å²) < 4.78 is 0. The third-order valence-corrected chi connectivity index (χ3v) is 5.08. The number of piperidine rings is 1. The maximum Gasteiger partial charge on any atom is 0.228 e. The summed E-state index contributed by atoms with van der Waals surface area (Å²) >= 11 is 0. The normalized spacial score (nSPS) is 30.4. The molecule has 2 bridgehead atoms. The maximum atomic E-state index is 12.8. The van der Waals surface area contributed by atoms with Crippen molar-refractivity contribution in [1.29, 1.82) is 0 Å². The number of carbonyl (C=O) groups excluding carboxylic acids is 1. The molecule has 0 aliphatic carbocycles. The van der Waals surface area contributed by atoms with Crippen LogP contribution in [0, 0.1) is 5.41 Å². The number of fused-ring (bicyclic) bond motifs is 2. The van der Waals surface area contributed by atoms with E-state index in [4.69, 9.17) is 0 Å². The van der Waals surface area contributed by atoms with E-state index in [1.807, 2.05) is 0 Å². The fourth-order valence-electron chi connectivity index (χ4n) is 3.51. The van der Waals surface area contributed by atoms with Crippen molar-refractivity contribution in [2.45, 2.75) is 84.3 Å². The zero-order valence-electron chi connectivity index (χ0n) is 13.0. The van der Waals surface area contributed by atoms with E-state index in [9.17, 15) is 4.79 Å². The number of nitrogens with zero attached hydrogens (tertiary/aromatic N) is 1. The second-order valence-electron chi connectivity index (χ2n) is 7.00. The van der Waals surface area contributed by atoms with Crippen LogP contribution < -0.4 is 5.32 Å². The highest BCUT2D eigenvalue weighted by atomic mass is 16.2. The van der Waals surface area contributed by atoms with Crippen molar-refractivity contribution in [3.8, 4) is 0 Å². The van der Waals surface area contributed by atoms with Crippen molar-refractivity contribution < 1.29 is 4.79 Å². The van der Waals surface area contributed by atoms with E-state index in [0.717, 1.165) is 32.2 Å². The smallest absolute Gasteiger partial charge is 0.228 e. The van der Waals surface area contributed by atoms with Crippen molar-refractivity contribution in [1.82, 2.24) is 10.2 Å². The Kier molecular flexibility index (Phi) is 4.54. The molecule has 3 heteroatoms. The van der Waals surface area contributed by atoms with Crippen LogP contribution in [0.25, 0.3) is 0 Å². The zero-order chi connectivity index (χ0) is 14.0. The molecular formula is C16H30N2O. The molecular weight excluding hydrogens is 236 g/mol. The monoisotopic (exact) mass is 266 g/mol. The summed E-state index contributed by atoms with van der Waals surface area (Å²) in [6, 6.07) is 1.78. The Morgan fingerprint density at radius 2 is 1.79 bits per heavy atom. The molecule has 1 amide bonds. The molecule has 0 aromatic carbocycles. The van der Waals surface area contributed by atoms with Gasteiger partial charge in [-0.2, -0.15) is 0 Å². The Morgan fingerprint density at radius 1 is 1.21 bits per heavy atom. The lowest BCUT2D eigenvalue weighted by atomic mass is 9.86. The Labute approximate surface area is 118 Å². The predicted molar refractivity (Wildman–Crippen MR) is 79.0 cm³/mol. The molecule has 19 heavy (non-hydrogen) atoms. The number of amides is 1. The topological polar surface area (TPSA) is 32.3 Å². The standard InChI is InChI=1S/C16H30N2O/c1-5-9-18(15(19)16(3,4)6-2)14-10-12-7-8-13(11-14)17-12/h12-14,17H,5-11H2,1-4H3. The minimum Gasteiger partial charge on any atom is -0.339 e. The van der Waals surface area contributed by atoms with Gasteiger partial charge in [0, 0.05) is 30.1 Å². The summed E-state index contributed by atoms with van der Waals surface area (Å²) in [5, 5.41) is 3.67. The minimum absolute atomic E-state index is 0.209.